The highest BCUT2D eigenvalue weighted by Gasteiger charge is 2.12. The van der Waals surface area contributed by atoms with Gasteiger partial charge >= 0.3 is 0 Å². The van der Waals surface area contributed by atoms with E-state index in [0.29, 0.717) is 5.95 Å². The Morgan fingerprint density at radius 3 is 2.76 bits per heavy atom. The van der Waals surface area contributed by atoms with Crippen molar-refractivity contribution in [2.45, 2.75) is 6.42 Å². The van der Waals surface area contributed by atoms with Gasteiger partial charge in [0.25, 0.3) is 0 Å². The molecule has 86 valence electrons. The SMILES string of the molecule is CNc1ncc(-c2ccc3c(c2)CCO3)cn1. The smallest absolute Gasteiger partial charge is 0.222 e. The summed E-state index contributed by atoms with van der Waals surface area (Å²) in [5, 5.41) is 2.91. The Morgan fingerprint density at radius 1 is 1.18 bits per heavy atom. The molecule has 0 atom stereocenters. The van der Waals surface area contributed by atoms with Crippen LogP contribution >= 0.6 is 0 Å². The molecule has 4 heteroatoms. The van der Waals surface area contributed by atoms with Crippen LogP contribution in [0.1, 0.15) is 5.56 Å². The minimum absolute atomic E-state index is 0.637. The third-order valence-corrected chi connectivity index (χ3v) is 2.90. The van der Waals surface area contributed by atoms with E-state index in [1.807, 2.05) is 31.6 Å². The fraction of sp³-hybridized carbons (Fsp3) is 0.231. The molecule has 1 N–H and O–H groups in total. The predicted molar refractivity (Wildman–Crippen MR) is 66.2 cm³/mol. The molecule has 0 spiro atoms. The molecule has 0 saturated carbocycles. The first-order chi connectivity index (χ1) is 8.36. The fourth-order valence-corrected chi connectivity index (χ4v) is 1.97. The van der Waals surface area contributed by atoms with Crippen molar-refractivity contribution in [3.8, 4) is 16.9 Å². The zero-order valence-corrected chi connectivity index (χ0v) is 9.60. The van der Waals surface area contributed by atoms with Crippen LogP contribution < -0.4 is 10.1 Å². The number of nitrogens with zero attached hydrogens (tertiary/aromatic N) is 2. The second-order valence-electron chi connectivity index (χ2n) is 3.97. The summed E-state index contributed by atoms with van der Waals surface area (Å²) in [6.07, 6.45) is 4.64. The molecule has 0 amide bonds. The number of hydrogen-bond donors (Lipinski definition) is 1. The topological polar surface area (TPSA) is 47.0 Å². The maximum atomic E-state index is 5.48. The van der Waals surface area contributed by atoms with Gasteiger partial charge in [-0.25, -0.2) is 9.97 Å². The van der Waals surface area contributed by atoms with E-state index in [1.54, 1.807) is 0 Å². The lowest BCUT2D eigenvalue weighted by Crippen LogP contribution is -1.95. The van der Waals surface area contributed by atoms with Crippen molar-refractivity contribution in [2.75, 3.05) is 19.0 Å². The average molecular weight is 227 g/mol. The Hall–Kier alpha value is -2.10. The summed E-state index contributed by atoms with van der Waals surface area (Å²) in [5.74, 6) is 1.64. The Labute approximate surface area is 99.7 Å². The quantitative estimate of drug-likeness (QED) is 0.853. The van der Waals surface area contributed by atoms with E-state index in [9.17, 15) is 0 Å². The van der Waals surface area contributed by atoms with Crippen LogP contribution in [0.25, 0.3) is 11.1 Å². The van der Waals surface area contributed by atoms with Gasteiger partial charge < -0.3 is 10.1 Å². The standard InChI is InChI=1S/C13H13N3O/c1-14-13-15-7-11(8-16-13)9-2-3-12-10(6-9)4-5-17-12/h2-3,6-8H,4-5H2,1H3,(H,14,15,16). The number of aromatic nitrogens is 2. The first-order valence-electron chi connectivity index (χ1n) is 5.63. The zero-order valence-electron chi connectivity index (χ0n) is 9.60. The maximum absolute atomic E-state index is 5.48. The van der Waals surface area contributed by atoms with Gasteiger partial charge in [-0.15, -0.1) is 0 Å². The molecule has 1 aromatic heterocycles. The van der Waals surface area contributed by atoms with Gasteiger partial charge in [0.2, 0.25) is 5.95 Å². The molecule has 0 radical (unpaired) electrons. The normalized spacial score (nSPS) is 13.0. The first kappa shape index (κ1) is 10.1. The van der Waals surface area contributed by atoms with E-state index in [2.05, 4.69) is 21.4 Å². The molecule has 4 nitrogen and oxygen atoms in total. The molecule has 0 bridgehead atoms. The van der Waals surface area contributed by atoms with Crippen LogP contribution in [-0.2, 0) is 6.42 Å². The van der Waals surface area contributed by atoms with Crippen molar-refractivity contribution in [3.05, 3.63) is 36.2 Å². The lowest BCUT2D eigenvalue weighted by molar-refractivity contribution is 0.357. The molecule has 1 aliphatic rings. The molecule has 3 rings (SSSR count). The van der Waals surface area contributed by atoms with Gasteiger partial charge in [0.15, 0.2) is 0 Å². The van der Waals surface area contributed by atoms with Gasteiger partial charge in [-0.05, 0) is 23.3 Å². The number of anilines is 1. The summed E-state index contributed by atoms with van der Waals surface area (Å²) in [6.45, 7) is 0.786. The average Bonchev–Trinajstić information content (AvgIpc) is 2.86. The summed E-state index contributed by atoms with van der Waals surface area (Å²) < 4.78 is 5.48. The van der Waals surface area contributed by atoms with Gasteiger partial charge in [0.1, 0.15) is 5.75 Å². The van der Waals surface area contributed by atoms with Crippen molar-refractivity contribution >= 4 is 5.95 Å². The number of hydrogen-bond acceptors (Lipinski definition) is 4. The highest BCUT2D eigenvalue weighted by molar-refractivity contribution is 5.65. The van der Waals surface area contributed by atoms with Crippen LogP contribution in [0.2, 0.25) is 0 Å². The largest absolute Gasteiger partial charge is 0.493 e. The van der Waals surface area contributed by atoms with Crippen LogP contribution in [0.4, 0.5) is 5.95 Å². The van der Waals surface area contributed by atoms with Crippen LogP contribution in [0.3, 0.4) is 0 Å². The summed E-state index contributed by atoms with van der Waals surface area (Å²) in [4.78, 5) is 8.43. The molecule has 17 heavy (non-hydrogen) atoms. The molecular weight excluding hydrogens is 214 g/mol. The highest BCUT2D eigenvalue weighted by Crippen LogP contribution is 2.29. The summed E-state index contributed by atoms with van der Waals surface area (Å²) in [6, 6.07) is 6.21. The lowest BCUT2D eigenvalue weighted by atomic mass is 10.0. The van der Waals surface area contributed by atoms with E-state index >= 15 is 0 Å². The summed E-state index contributed by atoms with van der Waals surface area (Å²) in [5.41, 5.74) is 3.43. The molecule has 0 aliphatic carbocycles. The molecular formula is C13H13N3O. The second-order valence-corrected chi connectivity index (χ2v) is 3.97. The third-order valence-electron chi connectivity index (χ3n) is 2.90. The van der Waals surface area contributed by atoms with Crippen LogP contribution in [-0.4, -0.2) is 23.6 Å². The molecule has 0 fully saturated rings. The van der Waals surface area contributed by atoms with Gasteiger partial charge in [0, 0.05) is 31.4 Å². The van der Waals surface area contributed by atoms with Crippen molar-refractivity contribution in [3.63, 3.8) is 0 Å². The van der Waals surface area contributed by atoms with Gasteiger partial charge in [-0.2, -0.15) is 0 Å². The van der Waals surface area contributed by atoms with Gasteiger partial charge in [-0.1, -0.05) is 6.07 Å². The molecule has 1 aliphatic heterocycles. The van der Waals surface area contributed by atoms with Gasteiger partial charge in [0.05, 0.1) is 6.61 Å². The Morgan fingerprint density at radius 2 is 2.00 bits per heavy atom. The van der Waals surface area contributed by atoms with E-state index < -0.39 is 0 Å². The molecule has 2 heterocycles. The van der Waals surface area contributed by atoms with Crippen LogP contribution in [0, 0.1) is 0 Å². The molecule has 1 aromatic carbocycles. The van der Waals surface area contributed by atoms with Crippen LogP contribution in [0.15, 0.2) is 30.6 Å². The fourth-order valence-electron chi connectivity index (χ4n) is 1.97. The predicted octanol–water partition coefficient (Wildman–Crippen LogP) is 2.12. The van der Waals surface area contributed by atoms with Crippen LogP contribution in [0.5, 0.6) is 5.75 Å². The maximum Gasteiger partial charge on any atom is 0.222 e. The Balaban J connectivity index is 1.97. The number of benzene rings is 1. The lowest BCUT2D eigenvalue weighted by Gasteiger charge is -2.04. The van der Waals surface area contributed by atoms with E-state index in [4.69, 9.17) is 4.74 Å². The van der Waals surface area contributed by atoms with Crippen molar-refractivity contribution in [1.82, 2.24) is 9.97 Å². The van der Waals surface area contributed by atoms with Crippen molar-refractivity contribution in [2.24, 2.45) is 0 Å². The summed E-state index contributed by atoms with van der Waals surface area (Å²) in [7, 11) is 1.81. The molecule has 2 aromatic rings. The minimum Gasteiger partial charge on any atom is -0.493 e. The third kappa shape index (κ3) is 1.82. The number of nitrogens with one attached hydrogen (secondary N) is 1. The number of rotatable bonds is 2. The van der Waals surface area contributed by atoms with Crippen molar-refractivity contribution in [1.29, 1.82) is 0 Å². The molecule has 0 unspecified atom stereocenters. The number of fused-ring (bicyclic) bond motifs is 1. The van der Waals surface area contributed by atoms with E-state index in [1.165, 1.54) is 5.56 Å². The molecule has 0 saturated heterocycles. The van der Waals surface area contributed by atoms with E-state index in [0.717, 1.165) is 29.9 Å². The highest BCUT2D eigenvalue weighted by atomic mass is 16.5. The zero-order chi connectivity index (χ0) is 11.7. The first-order valence-corrected chi connectivity index (χ1v) is 5.63. The minimum atomic E-state index is 0.637. The van der Waals surface area contributed by atoms with Crippen molar-refractivity contribution < 1.29 is 4.74 Å². The Bertz CT molecular complexity index is 537. The Kier molecular flexibility index (Phi) is 2.40. The monoisotopic (exact) mass is 227 g/mol. The van der Waals surface area contributed by atoms with E-state index in [-0.39, 0.29) is 0 Å². The second kappa shape index (κ2) is 4.05. The number of ether oxygens (including phenoxy) is 1. The summed E-state index contributed by atoms with van der Waals surface area (Å²) >= 11 is 0. The van der Waals surface area contributed by atoms with Gasteiger partial charge in [-0.3, -0.25) is 0 Å².